The van der Waals surface area contributed by atoms with Crippen molar-refractivity contribution >= 4 is 12.0 Å². The molecule has 0 aromatic heterocycles. The van der Waals surface area contributed by atoms with E-state index in [0.717, 1.165) is 17.7 Å². The number of aliphatic carboxylic acids is 1. The minimum Gasteiger partial charge on any atom is -0.481 e. The Morgan fingerprint density at radius 1 is 1.38 bits per heavy atom. The molecule has 0 bridgehead atoms. The van der Waals surface area contributed by atoms with Crippen molar-refractivity contribution in [3.63, 3.8) is 0 Å². The maximum absolute atomic E-state index is 10.4. The molecule has 0 spiro atoms. The molecule has 16 heavy (non-hydrogen) atoms. The Balaban J connectivity index is 2.50. The molecule has 3 heteroatoms. The number of hydrogen-bond acceptors (Lipinski definition) is 2. The topological polar surface area (TPSA) is 49.3 Å². The van der Waals surface area contributed by atoms with Crippen molar-refractivity contribution in [2.75, 3.05) is 13.6 Å². The van der Waals surface area contributed by atoms with E-state index in [1.54, 1.807) is 0 Å². The van der Waals surface area contributed by atoms with Crippen molar-refractivity contribution in [1.82, 2.24) is 5.32 Å². The lowest BCUT2D eigenvalue weighted by Crippen LogP contribution is -2.03. The van der Waals surface area contributed by atoms with Crippen molar-refractivity contribution in [3.05, 3.63) is 41.5 Å². The first-order valence-electron chi connectivity index (χ1n) is 5.34. The summed E-state index contributed by atoms with van der Waals surface area (Å²) >= 11 is 0. The van der Waals surface area contributed by atoms with Gasteiger partial charge in [-0.2, -0.15) is 0 Å². The zero-order valence-electron chi connectivity index (χ0n) is 9.44. The van der Waals surface area contributed by atoms with E-state index in [0.29, 0.717) is 6.42 Å². The molecule has 0 saturated carbocycles. The van der Waals surface area contributed by atoms with Gasteiger partial charge in [-0.25, -0.2) is 0 Å². The maximum atomic E-state index is 10.4. The van der Waals surface area contributed by atoms with E-state index in [1.807, 2.05) is 43.5 Å². The summed E-state index contributed by atoms with van der Waals surface area (Å²) in [6, 6.07) is 7.96. The molecule has 0 aliphatic carbocycles. The highest BCUT2D eigenvalue weighted by Crippen LogP contribution is 2.08. The van der Waals surface area contributed by atoms with E-state index in [1.165, 1.54) is 0 Å². The van der Waals surface area contributed by atoms with Crippen LogP contribution in [0, 0.1) is 0 Å². The van der Waals surface area contributed by atoms with Crippen LogP contribution in [0.1, 0.15) is 17.5 Å². The van der Waals surface area contributed by atoms with E-state index in [9.17, 15) is 4.79 Å². The van der Waals surface area contributed by atoms with Crippen LogP contribution >= 0.6 is 0 Å². The van der Waals surface area contributed by atoms with Crippen molar-refractivity contribution in [2.45, 2.75) is 12.8 Å². The third-order valence-corrected chi connectivity index (χ3v) is 2.24. The molecule has 0 unspecified atom stereocenters. The van der Waals surface area contributed by atoms with Crippen molar-refractivity contribution in [2.24, 2.45) is 0 Å². The van der Waals surface area contributed by atoms with E-state index in [-0.39, 0.29) is 6.42 Å². The summed E-state index contributed by atoms with van der Waals surface area (Å²) in [6.45, 7) is 0.848. The van der Waals surface area contributed by atoms with Crippen LogP contribution in [0.5, 0.6) is 0 Å². The lowest BCUT2D eigenvalue weighted by molar-refractivity contribution is -0.136. The smallest absolute Gasteiger partial charge is 0.303 e. The minimum absolute atomic E-state index is 0.189. The number of nitrogens with one attached hydrogen (secondary N) is 1. The molecule has 1 rings (SSSR count). The van der Waals surface area contributed by atoms with Gasteiger partial charge in [0.15, 0.2) is 0 Å². The average Bonchev–Trinajstić information content (AvgIpc) is 2.28. The molecule has 0 fully saturated rings. The largest absolute Gasteiger partial charge is 0.481 e. The Bertz CT molecular complexity index is 355. The zero-order valence-corrected chi connectivity index (χ0v) is 9.44. The highest BCUT2D eigenvalue weighted by molar-refractivity contribution is 5.67. The molecule has 0 radical (unpaired) electrons. The highest BCUT2D eigenvalue weighted by atomic mass is 16.4. The zero-order chi connectivity index (χ0) is 11.8. The van der Waals surface area contributed by atoms with E-state index in [2.05, 4.69) is 5.32 Å². The molecule has 3 nitrogen and oxygen atoms in total. The summed E-state index contributed by atoms with van der Waals surface area (Å²) in [5, 5.41) is 11.6. The second kappa shape index (κ2) is 6.80. The number of carboxylic acids is 1. The van der Waals surface area contributed by atoms with Crippen LogP contribution in [0.3, 0.4) is 0 Å². The SMILES string of the molecule is CNCC=Cc1ccc(CCC(=O)O)cc1. The molecule has 2 N–H and O–H groups in total. The Morgan fingerprint density at radius 2 is 2.06 bits per heavy atom. The Labute approximate surface area is 95.8 Å². The van der Waals surface area contributed by atoms with Gasteiger partial charge in [-0.05, 0) is 24.6 Å². The van der Waals surface area contributed by atoms with Crippen LogP contribution in [0.25, 0.3) is 6.08 Å². The second-order valence-electron chi connectivity index (χ2n) is 3.60. The lowest BCUT2D eigenvalue weighted by Gasteiger charge is -1.99. The van der Waals surface area contributed by atoms with Gasteiger partial charge in [0.2, 0.25) is 0 Å². The van der Waals surface area contributed by atoms with Gasteiger partial charge < -0.3 is 10.4 Å². The van der Waals surface area contributed by atoms with Crippen LogP contribution in [0.4, 0.5) is 0 Å². The highest BCUT2D eigenvalue weighted by Gasteiger charge is 1.98. The fourth-order valence-electron chi connectivity index (χ4n) is 1.36. The van der Waals surface area contributed by atoms with Crippen LogP contribution in [0.2, 0.25) is 0 Å². The minimum atomic E-state index is -0.752. The van der Waals surface area contributed by atoms with Crippen LogP contribution in [-0.2, 0) is 11.2 Å². The molecule has 1 aromatic carbocycles. The quantitative estimate of drug-likeness (QED) is 0.768. The first-order chi connectivity index (χ1) is 7.72. The molecule has 0 amide bonds. The van der Waals surface area contributed by atoms with Crippen LogP contribution in [-0.4, -0.2) is 24.7 Å². The molecule has 0 aliphatic rings. The number of rotatable bonds is 6. The number of likely N-dealkylation sites (N-methyl/N-ethyl adjacent to an activating group) is 1. The van der Waals surface area contributed by atoms with Crippen LogP contribution < -0.4 is 5.32 Å². The van der Waals surface area contributed by atoms with Gasteiger partial charge in [0.25, 0.3) is 0 Å². The average molecular weight is 219 g/mol. The Morgan fingerprint density at radius 3 is 2.62 bits per heavy atom. The van der Waals surface area contributed by atoms with Gasteiger partial charge in [-0.15, -0.1) is 0 Å². The summed E-state index contributed by atoms with van der Waals surface area (Å²) in [5.74, 6) is -0.752. The molecule has 0 heterocycles. The fourth-order valence-corrected chi connectivity index (χ4v) is 1.36. The van der Waals surface area contributed by atoms with Gasteiger partial charge in [0, 0.05) is 13.0 Å². The molecular formula is C13H17NO2. The summed E-state index contributed by atoms with van der Waals surface area (Å²) in [6.07, 6.45) is 4.87. The third kappa shape index (κ3) is 4.75. The number of carboxylic acid groups (broad SMARTS) is 1. The molecule has 86 valence electrons. The summed E-state index contributed by atoms with van der Waals surface area (Å²) < 4.78 is 0. The van der Waals surface area contributed by atoms with Crippen molar-refractivity contribution < 1.29 is 9.90 Å². The predicted octanol–water partition coefficient (Wildman–Crippen LogP) is 1.94. The van der Waals surface area contributed by atoms with E-state index < -0.39 is 5.97 Å². The Kier molecular flexibility index (Phi) is 5.29. The molecule has 1 aromatic rings. The number of aryl methyl sites for hydroxylation is 1. The third-order valence-electron chi connectivity index (χ3n) is 2.24. The Hall–Kier alpha value is -1.61. The van der Waals surface area contributed by atoms with E-state index >= 15 is 0 Å². The van der Waals surface area contributed by atoms with Gasteiger partial charge in [-0.1, -0.05) is 36.4 Å². The van der Waals surface area contributed by atoms with Crippen molar-refractivity contribution in [3.8, 4) is 0 Å². The van der Waals surface area contributed by atoms with Gasteiger partial charge in [-0.3, -0.25) is 4.79 Å². The van der Waals surface area contributed by atoms with Crippen molar-refractivity contribution in [1.29, 1.82) is 0 Å². The monoisotopic (exact) mass is 219 g/mol. The standard InChI is InChI=1S/C13H17NO2/c1-14-10-2-3-11-4-6-12(7-5-11)8-9-13(15)16/h2-7,14H,8-10H2,1H3,(H,15,16). The first kappa shape index (κ1) is 12.5. The molecule has 0 atom stereocenters. The van der Waals surface area contributed by atoms with Gasteiger partial charge in [0.05, 0.1) is 0 Å². The number of carbonyl (C=O) groups is 1. The van der Waals surface area contributed by atoms with Gasteiger partial charge in [0.1, 0.15) is 0 Å². The maximum Gasteiger partial charge on any atom is 0.303 e. The fraction of sp³-hybridized carbons (Fsp3) is 0.308. The molecule has 0 aliphatic heterocycles. The lowest BCUT2D eigenvalue weighted by atomic mass is 10.1. The van der Waals surface area contributed by atoms with Crippen LogP contribution in [0.15, 0.2) is 30.3 Å². The predicted molar refractivity (Wildman–Crippen MR) is 65.4 cm³/mol. The molecule has 0 saturated heterocycles. The summed E-state index contributed by atoms with van der Waals surface area (Å²) in [5.41, 5.74) is 2.20. The summed E-state index contributed by atoms with van der Waals surface area (Å²) in [7, 11) is 1.90. The number of benzene rings is 1. The van der Waals surface area contributed by atoms with E-state index in [4.69, 9.17) is 5.11 Å². The summed E-state index contributed by atoms with van der Waals surface area (Å²) in [4.78, 5) is 10.4. The second-order valence-corrected chi connectivity index (χ2v) is 3.60. The number of hydrogen-bond donors (Lipinski definition) is 2. The molecular weight excluding hydrogens is 202 g/mol. The first-order valence-corrected chi connectivity index (χ1v) is 5.34. The normalized spacial score (nSPS) is 10.8. The van der Waals surface area contributed by atoms with Gasteiger partial charge >= 0.3 is 5.97 Å².